The van der Waals surface area contributed by atoms with E-state index in [2.05, 4.69) is 20.2 Å². The summed E-state index contributed by atoms with van der Waals surface area (Å²) in [4.78, 5) is 12.0. The highest BCUT2D eigenvalue weighted by Crippen LogP contribution is 2.23. The van der Waals surface area contributed by atoms with Gasteiger partial charge in [0.1, 0.15) is 0 Å². The van der Waals surface area contributed by atoms with Crippen LogP contribution < -0.4 is 10.0 Å². The Hall–Kier alpha value is -1.71. The smallest absolute Gasteiger partial charge is 0.261 e. The molecule has 0 bridgehead atoms. The van der Waals surface area contributed by atoms with Crippen molar-refractivity contribution >= 4 is 27.3 Å². The molecule has 7 nitrogen and oxygen atoms in total. The minimum absolute atomic E-state index is 0.104. The van der Waals surface area contributed by atoms with Gasteiger partial charge in [-0.15, -0.1) is 11.3 Å². The number of aromatic nitrogens is 2. The molecule has 130 valence electrons. The molecule has 2 heterocycles. The summed E-state index contributed by atoms with van der Waals surface area (Å²) in [5.41, 5.74) is 3.03. The van der Waals surface area contributed by atoms with E-state index in [0.717, 1.165) is 54.0 Å². The minimum Gasteiger partial charge on any atom is -0.354 e. The van der Waals surface area contributed by atoms with E-state index in [4.69, 9.17) is 0 Å². The maximum absolute atomic E-state index is 12.4. The SMILES string of the molecule is CNC(=O)c1cc(S(=O)(=O)NCc2n[nH]c3c2CCCCC3)cs1. The molecule has 2 aromatic heterocycles. The summed E-state index contributed by atoms with van der Waals surface area (Å²) in [6.45, 7) is 0.152. The van der Waals surface area contributed by atoms with Gasteiger partial charge in [0.05, 0.1) is 22.0 Å². The Morgan fingerprint density at radius 2 is 2.12 bits per heavy atom. The zero-order chi connectivity index (χ0) is 17.2. The Morgan fingerprint density at radius 3 is 2.92 bits per heavy atom. The summed E-state index contributed by atoms with van der Waals surface area (Å²) >= 11 is 1.11. The Labute approximate surface area is 144 Å². The largest absolute Gasteiger partial charge is 0.354 e. The minimum atomic E-state index is -3.67. The molecular formula is C15H20N4O3S2. The monoisotopic (exact) mass is 368 g/mol. The third kappa shape index (κ3) is 3.52. The van der Waals surface area contributed by atoms with Gasteiger partial charge in [0, 0.05) is 18.1 Å². The second-order valence-electron chi connectivity index (χ2n) is 5.74. The van der Waals surface area contributed by atoms with Gasteiger partial charge in [-0.05, 0) is 37.3 Å². The molecule has 0 saturated heterocycles. The second-order valence-corrected chi connectivity index (χ2v) is 8.42. The number of aromatic amines is 1. The van der Waals surface area contributed by atoms with Crippen LogP contribution in [-0.4, -0.2) is 31.6 Å². The van der Waals surface area contributed by atoms with E-state index in [9.17, 15) is 13.2 Å². The van der Waals surface area contributed by atoms with Crippen molar-refractivity contribution in [1.29, 1.82) is 0 Å². The van der Waals surface area contributed by atoms with E-state index in [-0.39, 0.29) is 17.3 Å². The highest BCUT2D eigenvalue weighted by Gasteiger charge is 2.21. The molecule has 1 aliphatic rings. The highest BCUT2D eigenvalue weighted by molar-refractivity contribution is 7.89. The van der Waals surface area contributed by atoms with Crippen molar-refractivity contribution < 1.29 is 13.2 Å². The van der Waals surface area contributed by atoms with Crippen LogP contribution in [-0.2, 0) is 29.4 Å². The zero-order valence-corrected chi connectivity index (χ0v) is 15.0. The summed E-state index contributed by atoms with van der Waals surface area (Å²) in [5.74, 6) is -0.293. The van der Waals surface area contributed by atoms with Crippen molar-refractivity contribution in [3.8, 4) is 0 Å². The number of carbonyl (C=O) groups is 1. The van der Waals surface area contributed by atoms with Gasteiger partial charge in [0.2, 0.25) is 10.0 Å². The number of aryl methyl sites for hydroxylation is 1. The molecule has 0 radical (unpaired) electrons. The van der Waals surface area contributed by atoms with E-state index in [1.165, 1.54) is 24.9 Å². The van der Waals surface area contributed by atoms with Crippen LogP contribution in [0.2, 0.25) is 0 Å². The molecule has 1 amide bonds. The fourth-order valence-corrected chi connectivity index (χ4v) is 5.03. The number of nitrogens with zero attached hydrogens (tertiary/aromatic N) is 1. The topological polar surface area (TPSA) is 104 Å². The maximum Gasteiger partial charge on any atom is 0.261 e. The predicted octanol–water partition coefficient (Wildman–Crippen LogP) is 1.58. The Bertz CT molecular complexity index is 839. The summed E-state index contributed by atoms with van der Waals surface area (Å²) < 4.78 is 27.4. The number of hydrogen-bond donors (Lipinski definition) is 3. The fourth-order valence-electron chi connectivity index (χ4n) is 2.82. The number of H-pyrrole nitrogens is 1. The first-order valence-electron chi connectivity index (χ1n) is 7.86. The average Bonchev–Trinajstić information content (AvgIpc) is 3.15. The molecule has 2 aromatic rings. The van der Waals surface area contributed by atoms with Crippen molar-refractivity contribution in [2.24, 2.45) is 0 Å². The number of hydrogen-bond acceptors (Lipinski definition) is 5. The van der Waals surface area contributed by atoms with Crippen molar-refractivity contribution in [1.82, 2.24) is 20.2 Å². The van der Waals surface area contributed by atoms with E-state index in [1.807, 2.05) is 0 Å². The molecule has 0 atom stereocenters. The quantitative estimate of drug-likeness (QED) is 0.697. The maximum atomic E-state index is 12.4. The standard InChI is InChI=1S/C15H20N4O3S2/c1-16-15(20)14-7-10(9-23-14)24(21,22)17-8-13-11-5-3-2-4-6-12(11)18-19-13/h7,9,17H,2-6,8H2,1H3,(H,16,20)(H,18,19). The summed E-state index contributed by atoms with van der Waals surface area (Å²) in [6.07, 6.45) is 5.33. The molecule has 0 unspecified atom stereocenters. The Morgan fingerprint density at radius 1 is 1.33 bits per heavy atom. The number of sulfonamides is 1. The molecular weight excluding hydrogens is 348 g/mol. The Balaban J connectivity index is 1.73. The van der Waals surface area contributed by atoms with E-state index in [1.54, 1.807) is 0 Å². The summed E-state index contributed by atoms with van der Waals surface area (Å²) in [5, 5.41) is 11.3. The lowest BCUT2D eigenvalue weighted by Crippen LogP contribution is -2.23. The third-order valence-corrected chi connectivity index (χ3v) is 6.62. The first-order valence-corrected chi connectivity index (χ1v) is 10.2. The predicted molar refractivity (Wildman–Crippen MR) is 91.6 cm³/mol. The third-order valence-electron chi connectivity index (χ3n) is 4.16. The summed E-state index contributed by atoms with van der Waals surface area (Å²) in [7, 11) is -2.15. The van der Waals surface area contributed by atoms with Crippen LogP contribution in [0.3, 0.4) is 0 Å². The van der Waals surface area contributed by atoms with Crippen molar-refractivity contribution in [2.45, 2.75) is 43.5 Å². The van der Waals surface area contributed by atoms with Gasteiger partial charge >= 0.3 is 0 Å². The first kappa shape index (κ1) is 17.1. The van der Waals surface area contributed by atoms with Crippen LogP contribution in [0.5, 0.6) is 0 Å². The number of amides is 1. The van der Waals surface area contributed by atoms with E-state index < -0.39 is 10.0 Å². The fraction of sp³-hybridized carbons (Fsp3) is 0.467. The highest BCUT2D eigenvalue weighted by atomic mass is 32.2. The van der Waals surface area contributed by atoms with Crippen LogP contribution >= 0.6 is 11.3 Å². The lowest BCUT2D eigenvalue weighted by atomic mass is 10.1. The lowest BCUT2D eigenvalue weighted by Gasteiger charge is -2.05. The van der Waals surface area contributed by atoms with E-state index >= 15 is 0 Å². The first-order chi connectivity index (χ1) is 11.5. The number of rotatable bonds is 5. The normalized spacial score (nSPS) is 14.9. The number of carbonyl (C=O) groups excluding carboxylic acids is 1. The zero-order valence-electron chi connectivity index (χ0n) is 13.4. The lowest BCUT2D eigenvalue weighted by molar-refractivity contribution is 0.0967. The molecule has 0 spiro atoms. The molecule has 1 aliphatic carbocycles. The number of fused-ring (bicyclic) bond motifs is 1. The molecule has 3 N–H and O–H groups in total. The van der Waals surface area contributed by atoms with E-state index in [0.29, 0.717) is 4.88 Å². The second kappa shape index (κ2) is 7.04. The van der Waals surface area contributed by atoms with Crippen LogP contribution in [0.1, 0.15) is 45.9 Å². The van der Waals surface area contributed by atoms with Gasteiger partial charge in [-0.2, -0.15) is 5.10 Å². The van der Waals surface area contributed by atoms with Gasteiger partial charge in [0.15, 0.2) is 0 Å². The van der Waals surface area contributed by atoms with Crippen molar-refractivity contribution in [2.75, 3.05) is 7.05 Å². The number of nitrogens with one attached hydrogen (secondary N) is 3. The molecule has 3 rings (SSSR count). The van der Waals surface area contributed by atoms with Crippen LogP contribution in [0.25, 0.3) is 0 Å². The van der Waals surface area contributed by atoms with Gasteiger partial charge in [-0.1, -0.05) is 6.42 Å². The van der Waals surface area contributed by atoms with Gasteiger partial charge in [-0.25, -0.2) is 13.1 Å². The van der Waals surface area contributed by atoms with Crippen LogP contribution in [0, 0.1) is 0 Å². The number of thiophene rings is 1. The van der Waals surface area contributed by atoms with Gasteiger partial charge in [0.25, 0.3) is 5.91 Å². The molecule has 0 saturated carbocycles. The Kier molecular flexibility index (Phi) is 5.02. The summed E-state index contributed by atoms with van der Waals surface area (Å²) in [6, 6.07) is 1.39. The molecule has 0 aromatic carbocycles. The van der Waals surface area contributed by atoms with Crippen LogP contribution in [0.15, 0.2) is 16.3 Å². The molecule has 9 heteroatoms. The van der Waals surface area contributed by atoms with Gasteiger partial charge < -0.3 is 5.32 Å². The van der Waals surface area contributed by atoms with Gasteiger partial charge in [-0.3, -0.25) is 9.89 Å². The van der Waals surface area contributed by atoms with Crippen molar-refractivity contribution in [3.63, 3.8) is 0 Å². The average molecular weight is 368 g/mol. The van der Waals surface area contributed by atoms with Crippen molar-refractivity contribution in [3.05, 3.63) is 33.3 Å². The molecule has 0 fully saturated rings. The van der Waals surface area contributed by atoms with Crippen LogP contribution in [0.4, 0.5) is 0 Å². The molecule has 0 aliphatic heterocycles. The molecule has 24 heavy (non-hydrogen) atoms.